The summed E-state index contributed by atoms with van der Waals surface area (Å²) >= 11 is 0.835. The molecule has 8 nitrogen and oxygen atoms in total. The number of H-pyrrole nitrogens is 1. The van der Waals surface area contributed by atoms with Crippen molar-refractivity contribution in [2.45, 2.75) is 25.2 Å². The second-order valence-corrected chi connectivity index (χ2v) is 9.63. The Morgan fingerprint density at radius 2 is 1.67 bits per heavy atom. The zero-order valence-electron chi connectivity index (χ0n) is 20.1. The van der Waals surface area contributed by atoms with Crippen molar-refractivity contribution in [2.75, 3.05) is 26.7 Å². The summed E-state index contributed by atoms with van der Waals surface area (Å²) in [5.74, 6) is -1.38. The van der Waals surface area contributed by atoms with Crippen LogP contribution in [0.4, 0.5) is 0 Å². The van der Waals surface area contributed by atoms with Gasteiger partial charge in [-0.1, -0.05) is 53.8 Å². The largest absolute Gasteiger partial charge is 0.506 e. The second-order valence-electron chi connectivity index (χ2n) is 8.65. The number of hydrogen-bond acceptors (Lipinski definition) is 8. The van der Waals surface area contributed by atoms with Gasteiger partial charge in [-0.05, 0) is 60.8 Å². The molecule has 0 saturated carbocycles. The maximum atomic E-state index is 11.7. The lowest BCUT2D eigenvalue weighted by Gasteiger charge is -2.23. The van der Waals surface area contributed by atoms with Crippen molar-refractivity contribution in [1.29, 1.82) is 0 Å². The molecule has 0 aliphatic heterocycles. The molecule has 4 rings (SSSR count). The lowest BCUT2D eigenvalue weighted by Crippen LogP contribution is -2.38. The average molecular weight is 510 g/mol. The summed E-state index contributed by atoms with van der Waals surface area (Å²) in [4.78, 5) is 13.8. The number of methoxy groups -OCH3 is 1. The number of fused-ring (bicyclic) bond motifs is 1. The van der Waals surface area contributed by atoms with Crippen LogP contribution in [-0.4, -0.2) is 47.0 Å². The molecule has 36 heavy (non-hydrogen) atoms. The van der Waals surface area contributed by atoms with Crippen molar-refractivity contribution in [1.82, 2.24) is 15.6 Å². The van der Waals surface area contributed by atoms with Crippen LogP contribution in [0, 0.1) is 0 Å². The molecule has 0 fully saturated rings. The first kappa shape index (κ1) is 25.9. The summed E-state index contributed by atoms with van der Waals surface area (Å²) < 4.78 is 5.73. The molecule has 0 atom stereocenters. The van der Waals surface area contributed by atoms with E-state index >= 15 is 0 Å². The number of aromatic amines is 1. The normalized spacial score (nSPS) is 11.8. The standard InChI is InChI=1S/C27H31N3O5S/c1-35-23-5-3-2-4-20(23)13-15-28-16-19-8-6-18(7-9-19)12-14-29-17-27(33,34)21-10-11-22(31)24-25(21)36-26(32)30-24/h2-11,28-29,31,33-34H,12-17H2,1H3,(H,30,32). The van der Waals surface area contributed by atoms with Crippen LogP contribution in [0.25, 0.3) is 10.2 Å². The van der Waals surface area contributed by atoms with E-state index in [1.165, 1.54) is 23.3 Å². The number of nitrogens with one attached hydrogen (secondary N) is 3. The van der Waals surface area contributed by atoms with E-state index in [1.54, 1.807) is 7.11 Å². The van der Waals surface area contributed by atoms with Crippen LogP contribution < -0.4 is 20.2 Å². The van der Waals surface area contributed by atoms with Crippen molar-refractivity contribution in [2.24, 2.45) is 0 Å². The fourth-order valence-corrected chi connectivity index (χ4v) is 5.05. The smallest absolute Gasteiger partial charge is 0.305 e. The fraction of sp³-hybridized carbons (Fsp3) is 0.296. The number of aliphatic hydroxyl groups is 2. The molecule has 0 radical (unpaired) electrons. The zero-order chi connectivity index (χ0) is 25.5. The van der Waals surface area contributed by atoms with E-state index in [4.69, 9.17) is 4.74 Å². The molecule has 9 heteroatoms. The van der Waals surface area contributed by atoms with E-state index in [-0.39, 0.29) is 28.2 Å². The zero-order valence-corrected chi connectivity index (χ0v) is 20.9. The summed E-state index contributed by atoms with van der Waals surface area (Å²) in [7, 11) is 1.69. The lowest BCUT2D eigenvalue weighted by atomic mass is 10.0. The van der Waals surface area contributed by atoms with Crippen molar-refractivity contribution >= 4 is 21.6 Å². The molecule has 0 saturated heterocycles. The number of phenolic OH excluding ortho intramolecular Hbond substituents is 1. The van der Waals surface area contributed by atoms with Gasteiger partial charge in [-0.3, -0.25) is 4.79 Å². The minimum atomic E-state index is -2.18. The first-order valence-corrected chi connectivity index (χ1v) is 12.6. The third-order valence-electron chi connectivity index (χ3n) is 6.07. The number of benzene rings is 3. The Labute approximate surface area is 213 Å². The van der Waals surface area contributed by atoms with Crippen LogP contribution in [0.15, 0.2) is 65.5 Å². The van der Waals surface area contributed by atoms with Crippen LogP contribution in [0.5, 0.6) is 11.5 Å². The average Bonchev–Trinajstić information content (AvgIpc) is 3.27. The van der Waals surface area contributed by atoms with Gasteiger partial charge in [-0.2, -0.15) is 0 Å². The number of rotatable bonds is 12. The summed E-state index contributed by atoms with van der Waals surface area (Å²) in [5, 5.41) is 37.7. The van der Waals surface area contributed by atoms with Crippen LogP contribution in [0.2, 0.25) is 0 Å². The van der Waals surface area contributed by atoms with Gasteiger partial charge in [-0.25, -0.2) is 0 Å². The molecular weight excluding hydrogens is 478 g/mol. The number of aromatic nitrogens is 1. The molecule has 0 bridgehead atoms. The van der Waals surface area contributed by atoms with Gasteiger partial charge in [0.1, 0.15) is 17.0 Å². The number of para-hydroxylation sites is 1. The Kier molecular flexibility index (Phi) is 8.40. The van der Waals surface area contributed by atoms with Crippen LogP contribution in [0.3, 0.4) is 0 Å². The lowest BCUT2D eigenvalue weighted by molar-refractivity contribution is -0.164. The minimum Gasteiger partial charge on any atom is -0.506 e. The van der Waals surface area contributed by atoms with Crippen molar-refractivity contribution < 1.29 is 20.1 Å². The summed E-state index contributed by atoms with van der Waals surface area (Å²) in [5.41, 5.74) is 3.90. The van der Waals surface area contributed by atoms with Crippen molar-refractivity contribution in [3.8, 4) is 11.5 Å². The van der Waals surface area contributed by atoms with Gasteiger partial charge >= 0.3 is 4.87 Å². The molecule has 1 heterocycles. The Balaban J connectivity index is 1.22. The molecule has 0 spiro atoms. The number of phenols is 1. The van der Waals surface area contributed by atoms with Crippen LogP contribution in [0.1, 0.15) is 22.3 Å². The first-order valence-electron chi connectivity index (χ1n) is 11.8. The molecule has 0 aliphatic rings. The van der Waals surface area contributed by atoms with Gasteiger partial charge < -0.3 is 35.7 Å². The fourth-order valence-electron chi connectivity index (χ4n) is 4.11. The Morgan fingerprint density at radius 1 is 0.944 bits per heavy atom. The quantitative estimate of drug-likeness (QED) is 0.128. The SMILES string of the molecule is COc1ccccc1CCNCc1ccc(CCNCC(O)(O)c2ccc(O)c3[nH]c(=O)sc23)cc1. The maximum Gasteiger partial charge on any atom is 0.305 e. The number of thiazole rings is 1. The van der Waals surface area contributed by atoms with E-state index in [0.717, 1.165) is 48.6 Å². The van der Waals surface area contributed by atoms with Crippen molar-refractivity contribution in [3.05, 3.63) is 92.6 Å². The molecule has 0 aliphatic carbocycles. The predicted octanol–water partition coefficient (Wildman–Crippen LogP) is 2.61. The summed E-state index contributed by atoms with van der Waals surface area (Å²) in [6.45, 7) is 2.05. The predicted molar refractivity (Wildman–Crippen MR) is 142 cm³/mol. The van der Waals surface area contributed by atoms with Crippen LogP contribution >= 0.6 is 11.3 Å². The van der Waals surface area contributed by atoms with Gasteiger partial charge in [0.15, 0.2) is 0 Å². The highest BCUT2D eigenvalue weighted by Gasteiger charge is 2.29. The van der Waals surface area contributed by atoms with Crippen molar-refractivity contribution in [3.63, 3.8) is 0 Å². The number of hydrogen-bond donors (Lipinski definition) is 6. The number of aromatic hydroxyl groups is 1. The highest BCUT2D eigenvalue weighted by Crippen LogP contribution is 2.32. The van der Waals surface area contributed by atoms with Gasteiger partial charge in [0, 0.05) is 12.1 Å². The molecule has 190 valence electrons. The molecule has 6 N–H and O–H groups in total. The van der Waals surface area contributed by atoms with E-state index < -0.39 is 5.79 Å². The minimum absolute atomic E-state index is 0.106. The molecule has 3 aromatic carbocycles. The van der Waals surface area contributed by atoms with E-state index in [2.05, 4.69) is 45.9 Å². The third kappa shape index (κ3) is 6.31. The summed E-state index contributed by atoms with van der Waals surface area (Å²) in [6, 6.07) is 19.1. The molecule has 1 aromatic heterocycles. The molecule has 4 aromatic rings. The Bertz CT molecular complexity index is 1350. The van der Waals surface area contributed by atoms with E-state index in [1.807, 2.05) is 18.2 Å². The van der Waals surface area contributed by atoms with Gasteiger partial charge in [0.05, 0.1) is 18.4 Å². The highest BCUT2D eigenvalue weighted by molar-refractivity contribution is 7.16. The summed E-state index contributed by atoms with van der Waals surface area (Å²) in [6.07, 6.45) is 1.61. The van der Waals surface area contributed by atoms with E-state index in [0.29, 0.717) is 11.2 Å². The van der Waals surface area contributed by atoms with E-state index in [9.17, 15) is 20.1 Å². The second kappa shape index (κ2) is 11.7. The topological polar surface area (TPSA) is 127 Å². The molecule has 0 unspecified atom stereocenters. The third-order valence-corrected chi connectivity index (χ3v) is 6.98. The number of ether oxygens (including phenoxy) is 1. The first-order chi connectivity index (χ1) is 17.4. The highest BCUT2D eigenvalue weighted by atomic mass is 32.1. The molecule has 0 amide bonds. The van der Waals surface area contributed by atoms with Gasteiger partial charge in [0.25, 0.3) is 0 Å². The maximum absolute atomic E-state index is 11.7. The van der Waals surface area contributed by atoms with Crippen LogP contribution in [-0.2, 0) is 25.2 Å². The Morgan fingerprint density at radius 3 is 2.44 bits per heavy atom. The monoisotopic (exact) mass is 509 g/mol. The van der Waals surface area contributed by atoms with Gasteiger partial charge in [0.2, 0.25) is 5.79 Å². The van der Waals surface area contributed by atoms with Gasteiger partial charge in [-0.15, -0.1) is 0 Å². The Hall–Kier alpha value is -3.21. The molecular formula is C27H31N3O5S.